The first-order valence-corrected chi connectivity index (χ1v) is 10.0. The summed E-state index contributed by atoms with van der Waals surface area (Å²) in [5, 5.41) is 5.74. The van der Waals surface area contributed by atoms with Gasteiger partial charge in [0.25, 0.3) is 5.91 Å². The molecule has 1 unspecified atom stereocenters. The highest BCUT2D eigenvalue weighted by atomic mass is 32.1. The Morgan fingerprint density at radius 3 is 2.71 bits per heavy atom. The molecule has 2 aliphatic heterocycles. The summed E-state index contributed by atoms with van der Waals surface area (Å²) in [6.07, 6.45) is 0.370. The molecule has 3 amide bonds. The van der Waals surface area contributed by atoms with Gasteiger partial charge in [0.1, 0.15) is 5.54 Å². The van der Waals surface area contributed by atoms with Crippen LogP contribution >= 0.6 is 11.3 Å². The first-order valence-electron chi connectivity index (χ1n) is 9.13. The Morgan fingerprint density at radius 1 is 1.25 bits per heavy atom. The van der Waals surface area contributed by atoms with E-state index in [0.717, 1.165) is 16.3 Å². The van der Waals surface area contributed by atoms with Gasteiger partial charge in [0.2, 0.25) is 6.79 Å². The van der Waals surface area contributed by atoms with Gasteiger partial charge < -0.3 is 14.8 Å². The molecule has 1 aromatic carbocycles. The van der Waals surface area contributed by atoms with Gasteiger partial charge in [-0.3, -0.25) is 9.69 Å². The van der Waals surface area contributed by atoms with Gasteiger partial charge in [0.15, 0.2) is 11.5 Å². The van der Waals surface area contributed by atoms with Gasteiger partial charge in [-0.15, -0.1) is 11.3 Å². The van der Waals surface area contributed by atoms with E-state index in [0.29, 0.717) is 17.9 Å². The SMILES string of the molecule is CC1(Cc2ccc3c(c2)OCO3)NC(=O)N(Cc2csc(C(C)(C)C)n2)C1=O. The van der Waals surface area contributed by atoms with Crippen LogP contribution in [0.4, 0.5) is 4.79 Å². The van der Waals surface area contributed by atoms with E-state index < -0.39 is 11.6 Å². The highest BCUT2D eigenvalue weighted by Gasteiger charge is 2.48. The lowest BCUT2D eigenvalue weighted by Crippen LogP contribution is -2.45. The first-order chi connectivity index (χ1) is 13.2. The zero-order valence-corrected chi connectivity index (χ0v) is 17.2. The van der Waals surface area contributed by atoms with E-state index in [1.54, 1.807) is 18.3 Å². The number of hydrogen-bond acceptors (Lipinski definition) is 6. The van der Waals surface area contributed by atoms with Crippen molar-refractivity contribution in [2.75, 3.05) is 6.79 Å². The lowest BCUT2D eigenvalue weighted by molar-refractivity contribution is -0.131. The smallest absolute Gasteiger partial charge is 0.325 e. The number of aromatic nitrogens is 1. The summed E-state index contributed by atoms with van der Waals surface area (Å²) in [5.41, 5.74) is 0.554. The van der Waals surface area contributed by atoms with Crippen molar-refractivity contribution in [3.05, 3.63) is 39.8 Å². The number of benzene rings is 1. The van der Waals surface area contributed by atoms with Gasteiger partial charge in [0.05, 0.1) is 17.2 Å². The minimum absolute atomic E-state index is 0.0614. The summed E-state index contributed by atoms with van der Waals surface area (Å²) in [6.45, 7) is 8.39. The number of nitrogens with zero attached hydrogens (tertiary/aromatic N) is 2. The average molecular weight is 401 g/mol. The molecule has 148 valence electrons. The Bertz CT molecular complexity index is 949. The van der Waals surface area contributed by atoms with Crippen LogP contribution in [-0.2, 0) is 23.2 Å². The molecule has 1 saturated heterocycles. The molecule has 0 bridgehead atoms. The van der Waals surface area contributed by atoms with Crippen LogP contribution in [0.5, 0.6) is 11.5 Å². The highest BCUT2D eigenvalue weighted by Crippen LogP contribution is 2.34. The normalized spacial score (nSPS) is 21.4. The number of fused-ring (bicyclic) bond motifs is 1. The average Bonchev–Trinajstić information content (AvgIpc) is 3.30. The first kappa shape index (κ1) is 18.7. The molecule has 1 fully saturated rings. The summed E-state index contributed by atoms with van der Waals surface area (Å²) in [5.74, 6) is 1.10. The minimum Gasteiger partial charge on any atom is -0.454 e. The number of carbonyl (C=O) groups excluding carboxylic acids is 2. The standard InChI is InChI=1S/C20H23N3O4S/c1-19(2,3)16-21-13(10-28-16)9-23-17(24)20(4,22-18(23)25)8-12-5-6-14-15(7-12)27-11-26-14/h5-7,10H,8-9,11H2,1-4H3,(H,22,25). The van der Waals surface area contributed by atoms with Crippen molar-refractivity contribution in [2.24, 2.45) is 0 Å². The highest BCUT2D eigenvalue weighted by molar-refractivity contribution is 7.09. The van der Waals surface area contributed by atoms with Gasteiger partial charge in [-0.25, -0.2) is 9.78 Å². The van der Waals surface area contributed by atoms with Crippen LogP contribution in [0.2, 0.25) is 0 Å². The second-order valence-electron chi connectivity index (χ2n) is 8.41. The Kier molecular flexibility index (Phi) is 4.33. The van der Waals surface area contributed by atoms with Crippen molar-refractivity contribution in [3.63, 3.8) is 0 Å². The molecule has 1 aromatic heterocycles. The van der Waals surface area contributed by atoms with Crippen LogP contribution in [0.1, 0.15) is 44.0 Å². The lowest BCUT2D eigenvalue weighted by Gasteiger charge is -2.21. The fraction of sp³-hybridized carbons (Fsp3) is 0.450. The largest absolute Gasteiger partial charge is 0.454 e. The van der Waals surface area contributed by atoms with E-state index in [9.17, 15) is 9.59 Å². The van der Waals surface area contributed by atoms with Crippen molar-refractivity contribution < 1.29 is 19.1 Å². The van der Waals surface area contributed by atoms with Gasteiger partial charge in [-0.2, -0.15) is 0 Å². The maximum atomic E-state index is 13.0. The van der Waals surface area contributed by atoms with Gasteiger partial charge in [0, 0.05) is 17.2 Å². The zero-order chi connectivity index (χ0) is 20.1. The number of hydrogen-bond donors (Lipinski definition) is 1. The molecule has 2 aromatic rings. The molecule has 28 heavy (non-hydrogen) atoms. The summed E-state index contributed by atoms with van der Waals surface area (Å²) in [6, 6.07) is 5.17. The quantitative estimate of drug-likeness (QED) is 0.796. The van der Waals surface area contributed by atoms with Gasteiger partial charge >= 0.3 is 6.03 Å². The second kappa shape index (κ2) is 6.48. The number of amides is 3. The van der Waals surface area contributed by atoms with Crippen LogP contribution in [0.25, 0.3) is 0 Å². The van der Waals surface area contributed by atoms with E-state index in [-0.39, 0.29) is 24.7 Å². The molecule has 0 radical (unpaired) electrons. The molecular weight excluding hydrogens is 378 g/mol. The molecule has 7 nitrogen and oxygen atoms in total. The van der Waals surface area contributed by atoms with E-state index in [1.165, 1.54) is 4.90 Å². The Labute approximate surface area is 167 Å². The molecule has 4 rings (SSSR count). The molecule has 0 spiro atoms. The molecule has 0 saturated carbocycles. The van der Waals surface area contributed by atoms with E-state index in [4.69, 9.17) is 9.47 Å². The second-order valence-corrected chi connectivity index (χ2v) is 9.27. The third kappa shape index (κ3) is 3.32. The summed E-state index contributed by atoms with van der Waals surface area (Å²) >= 11 is 1.55. The predicted molar refractivity (Wildman–Crippen MR) is 105 cm³/mol. The molecule has 2 aliphatic rings. The lowest BCUT2D eigenvalue weighted by atomic mass is 9.92. The van der Waals surface area contributed by atoms with Crippen molar-refractivity contribution in [2.45, 2.75) is 51.6 Å². The van der Waals surface area contributed by atoms with E-state index >= 15 is 0 Å². The van der Waals surface area contributed by atoms with Crippen LogP contribution in [-0.4, -0.2) is 34.2 Å². The Balaban J connectivity index is 1.50. The van der Waals surface area contributed by atoms with Gasteiger partial charge in [-0.1, -0.05) is 26.8 Å². The van der Waals surface area contributed by atoms with Crippen LogP contribution in [0.15, 0.2) is 23.6 Å². The van der Waals surface area contributed by atoms with Crippen LogP contribution < -0.4 is 14.8 Å². The summed E-state index contributed by atoms with van der Waals surface area (Å²) in [4.78, 5) is 31.4. The number of imide groups is 1. The number of thiazole rings is 1. The fourth-order valence-corrected chi connectivity index (χ4v) is 4.25. The number of urea groups is 1. The molecule has 1 N–H and O–H groups in total. The molecule has 1 atom stereocenters. The van der Waals surface area contributed by atoms with Crippen LogP contribution in [0, 0.1) is 0 Å². The fourth-order valence-electron chi connectivity index (χ4n) is 3.36. The number of carbonyl (C=O) groups is 2. The number of rotatable bonds is 4. The maximum absolute atomic E-state index is 13.0. The van der Waals surface area contributed by atoms with Crippen molar-refractivity contribution in [1.29, 1.82) is 0 Å². The van der Waals surface area contributed by atoms with Crippen molar-refractivity contribution in [3.8, 4) is 11.5 Å². The van der Waals surface area contributed by atoms with Crippen molar-refractivity contribution >= 4 is 23.3 Å². The Hall–Kier alpha value is -2.61. The van der Waals surface area contributed by atoms with Gasteiger partial charge in [-0.05, 0) is 24.6 Å². The maximum Gasteiger partial charge on any atom is 0.325 e. The monoisotopic (exact) mass is 401 g/mol. The topological polar surface area (TPSA) is 80.8 Å². The third-order valence-electron chi connectivity index (χ3n) is 4.85. The molecule has 8 heteroatoms. The summed E-state index contributed by atoms with van der Waals surface area (Å²) < 4.78 is 10.7. The minimum atomic E-state index is -1.01. The van der Waals surface area contributed by atoms with E-state index in [1.807, 2.05) is 23.6 Å². The molecule has 0 aliphatic carbocycles. The number of ether oxygens (including phenoxy) is 2. The van der Waals surface area contributed by atoms with Crippen molar-refractivity contribution in [1.82, 2.24) is 15.2 Å². The molecule has 3 heterocycles. The zero-order valence-electron chi connectivity index (χ0n) is 16.4. The number of nitrogens with one attached hydrogen (secondary N) is 1. The summed E-state index contributed by atoms with van der Waals surface area (Å²) in [7, 11) is 0. The van der Waals surface area contributed by atoms with E-state index in [2.05, 4.69) is 31.1 Å². The molecular formula is C20H23N3O4S. The Morgan fingerprint density at radius 2 is 2.00 bits per heavy atom. The predicted octanol–water partition coefficient (Wildman–Crippen LogP) is 3.22. The third-order valence-corrected chi connectivity index (χ3v) is 6.17. The van der Waals surface area contributed by atoms with Crippen LogP contribution in [0.3, 0.4) is 0 Å².